The van der Waals surface area contributed by atoms with Gasteiger partial charge in [-0.3, -0.25) is 0 Å². The van der Waals surface area contributed by atoms with Crippen LogP contribution in [-0.4, -0.2) is 48.8 Å². The van der Waals surface area contributed by atoms with Gasteiger partial charge >= 0.3 is 0 Å². The molecule has 0 aliphatic heterocycles. The van der Waals surface area contributed by atoms with Crippen LogP contribution in [0.1, 0.15) is 51.9 Å². The van der Waals surface area contributed by atoms with Crippen molar-refractivity contribution in [3.05, 3.63) is 0 Å². The molecule has 3 heteroatoms. The standard InChI is InChI=1S/C14H30N2O/c1-14(12-17,15-2)10-6-7-11-16(3)13-8-4-5-9-13/h13,15,17H,4-12H2,1-3H3. The number of hydrogen-bond acceptors (Lipinski definition) is 3. The van der Waals surface area contributed by atoms with Crippen LogP contribution in [0.5, 0.6) is 0 Å². The van der Waals surface area contributed by atoms with E-state index in [0.29, 0.717) is 0 Å². The van der Waals surface area contributed by atoms with Crippen LogP contribution in [-0.2, 0) is 0 Å². The Kier molecular flexibility index (Phi) is 6.45. The molecule has 0 amide bonds. The van der Waals surface area contributed by atoms with Gasteiger partial charge in [0.1, 0.15) is 0 Å². The lowest BCUT2D eigenvalue weighted by atomic mass is 9.96. The van der Waals surface area contributed by atoms with Gasteiger partial charge in [-0.2, -0.15) is 0 Å². The molecule has 102 valence electrons. The number of rotatable bonds is 8. The highest BCUT2D eigenvalue weighted by Gasteiger charge is 2.21. The lowest BCUT2D eigenvalue weighted by Gasteiger charge is -2.28. The number of hydrogen-bond donors (Lipinski definition) is 2. The summed E-state index contributed by atoms with van der Waals surface area (Å²) in [5.41, 5.74) is -0.0913. The molecule has 0 spiro atoms. The van der Waals surface area contributed by atoms with Crippen molar-refractivity contribution in [2.45, 2.75) is 63.5 Å². The fraction of sp³-hybridized carbons (Fsp3) is 1.00. The lowest BCUT2D eigenvalue weighted by Crippen LogP contribution is -2.43. The van der Waals surface area contributed by atoms with Gasteiger partial charge < -0.3 is 15.3 Å². The fourth-order valence-corrected chi connectivity index (χ4v) is 2.69. The number of unbranched alkanes of at least 4 members (excludes halogenated alkanes) is 1. The Morgan fingerprint density at radius 3 is 2.47 bits per heavy atom. The van der Waals surface area contributed by atoms with E-state index in [1.54, 1.807) is 0 Å². The molecule has 0 bridgehead atoms. The molecule has 1 rings (SSSR count). The van der Waals surface area contributed by atoms with Gasteiger partial charge in [-0.1, -0.05) is 19.3 Å². The van der Waals surface area contributed by atoms with E-state index >= 15 is 0 Å². The van der Waals surface area contributed by atoms with Gasteiger partial charge in [0.2, 0.25) is 0 Å². The first-order valence-corrected chi connectivity index (χ1v) is 7.11. The molecule has 1 aliphatic rings. The number of aliphatic hydroxyl groups is 1. The fourth-order valence-electron chi connectivity index (χ4n) is 2.69. The van der Waals surface area contributed by atoms with Crippen LogP contribution in [0.3, 0.4) is 0 Å². The van der Waals surface area contributed by atoms with Crippen molar-refractivity contribution < 1.29 is 5.11 Å². The van der Waals surface area contributed by atoms with Crippen LogP contribution in [0.25, 0.3) is 0 Å². The summed E-state index contributed by atoms with van der Waals surface area (Å²) >= 11 is 0. The Hall–Kier alpha value is -0.120. The average Bonchev–Trinajstić information content (AvgIpc) is 2.88. The zero-order valence-corrected chi connectivity index (χ0v) is 11.8. The van der Waals surface area contributed by atoms with Gasteiger partial charge in [0.05, 0.1) is 6.61 Å². The zero-order chi connectivity index (χ0) is 12.7. The van der Waals surface area contributed by atoms with E-state index in [9.17, 15) is 5.11 Å². The van der Waals surface area contributed by atoms with Gasteiger partial charge in [0.15, 0.2) is 0 Å². The second-order valence-corrected chi connectivity index (χ2v) is 5.84. The predicted molar refractivity (Wildman–Crippen MR) is 73.3 cm³/mol. The Balaban J connectivity index is 2.10. The van der Waals surface area contributed by atoms with Crippen molar-refractivity contribution in [1.82, 2.24) is 10.2 Å². The Morgan fingerprint density at radius 2 is 1.94 bits per heavy atom. The molecule has 3 nitrogen and oxygen atoms in total. The SMILES string of the molecule is CNC(C)(CO)CCCCN(C)C1CCCC1. The molecule has 0 aromatic heterocycles. The molecule has 0 aromatic rings. The van der Waals surface area contributed by atoms with E-state index < -0.39 is 0 Å². The minimum Gasteiger partial charge on any atom is -0.394 e. The summed E-state index contributed by atoms with van der Waals surface area (Å²) in [6, 6.07) is 0.837. The van der Waals surface area contributed by atoms with Crippen LogP contribution in [0.2, 0.25) is 0 Å². The third kappa shape index (κ3) is 4.94. The first-order valence-electron chi connectivity index (χ1n) is 7.11. The summed E-state index contributed by atoms with van der Waals surface area (Å²) in [4.78, 5) is 2.53. The van der Waals surface area contributed by atoms with Gasteiger partial charge in [0, 0.05) is 11.6 Å². The number of nitrogens with one attached hydrogen (secondary N) is 1. The molecular weight excluding hydrogens is 212 g/mol. The van der Waals surface area contributed by atoms with Crippen molar-refractivity contribution in [3.63, 3.8) is 0 Å². The largest absolute Gasteiger partial charge is 0.394 e. The Bertz CT molecular complexity index is 198. The van der Waals surface area contributed by atoms with Crippen molar-refractivity contribution in [1.29, 1.82) is 0 Å². The number of aliphatic hydroxyl groups excluding tert-OH is 1. The third-order valence-electron chi connectivity index (χ3n) is 4.39. The zero-order valence-electron chi connectivity index (χ0n) is 11.8. The first-order chi connectivity index (χ1) is 8.11. The van der Waals surface area contributed by atoms with E-state index in [4.69, 9.17) is 0 Å². The van der Waals surface area contributed by atoms with E-state index in [-0.39, 0.29) is 12.1 Å². The minimum absolute atomic E-state index is 0.0913. The lowest BCUT2D eigenvalue weighted by molar-refractivity contribution is 0.167. The smallest absolute Gasteiger partial charge is 0.0610 e. The summed E-state index contributed by atoms with van der Waals surface area (Å²) in [6.45, 7) is 3.52. The van der Waals surface area contributed by atoms with Crippen LogP contribution < -0.4 is 5.32 Å². The molecule has 1 aliphatic carbocycles. The molecule has 1 fully saturated rings. The molecule has 1 saturated carbocycles. The van der Waals surface area contributed by atoms with Crippen molar-refractivity contribution in [3.8, 4) is 0 Å². The summed E-state index contributed by atoms with van der Waals surface area (Å²) in [6.07, 6.45) is 9.09. The molecule has 0 aromatic carbocycles. The summed E-state index contributed by atoms with van der Waals surface area (Å²) < 4.78 is 0. The van der Waals surface area contributed by atoms with Gasteiger partial charge in [-0.05, 0) is 53.2 Å². The van der Waals surface area contributed by atoms with Crippen LogP contribution in [0, 0.1) is 0 Å². The van der Waals surface area contributed by atoms with E-state index in [0.717, 1.165) is 12.5 Å². The van der Waals surface area contributed by atoms with Gasteiger partial charge in [-0.25, -0.2) is 0 Å². The monoisotopic (exact) mass is 242 g/mol. The summed E-state index contributed by atoms with van der Waals surface area (Å²) in [5.74, 6) is 0. The maximum Gasteiger partial charge on any atom is 0.0610 e. The van der Waals surface area contributed by atoms with Crippen molar-refractivity contribution >= 4 is 0 Å². The number of nitrogens with zero attached hydrogens (tertiary/aromatic N) is 1. The highest BCUT2D eigenvalue weighted by atomic mass is 16.3. The van der Waals surface area contributed by atoms with Crippen molar-refractivity contribution in [2.24, 2.45) is 0 Å². The molecule has 17 heavy (non-hydrogen) atoms. The maximum atomic E-state index is 9.29. The van der Waals surface area contributed by atoms with Crippen molar-refractivity contribution in [2.75, 3.05) is 27.2 Å². The highest BCUT2D eigenvalue weighted by molar-refractivity contribution is 4.80. The Labute approximate surface area is 107 Å². The second-order valence-electron chi connectivity index (χ2n) is 5.84. The van der Waals surface area contributed by atoms with Crippen LogP contribution in [0.4, 0.5) is 0 Å². The predicted octanol–water partition coefficient (Wildman–Crippen LogP) is 2.00. The summed E-state index contributed by atoms with van der Waals surface area (Å²) in [7, 11) is 4.19. The topological polar surface area (TPSA) is 35.5 Å². The number of likely N-dealkylation sites (N-methyl/N-ethyl adjacent to an activating group) is 1. The van der Waals surface area contributed by atoms with Crippen LogP contribution in [0.15, 0.2) is 0 Å². The average molecular weight is 242 g/mol. The van der Waals surface area contributed by atoms with E-state index in [1.165, 1.54) is 45.1 Å². The molecule has 0 saturated heterocycles. The minimum atomic E-state index is -0.0913. The van der Waals surface area contributed by atoms with Gasteiger partial charge in [0.25, 0.3) is 0 Å². The molecule has 1 atom stereocenters. The van der Waals surface area contributed by atoms with E-state index in [1.807, 2.05) is 7.05 Å². The van der Waals surface area contributed by atoms with Crippen LogP contribution >= 0.6 is 0 Å². The molecule has 2 N–H and O–H groups in total. The van der Waals surface area contributed by atoms with Gasteiger partial charge in [-0.15, -0.1) is 0 Å². The molecule has 0 heterocycles. The second kappa shape index (κ2) is 7.34. The Morgan fingerprint density at radius 1 is 1.29 bits per heavy atom. The maximum absolute atomic E-state index is 9.29. The quantitative estimate of drug-likeness (QED) is 0.639. The molecular formula is C14H30N2O. The third-order valence-corrected chi connectivity index (χ3v) is 4.39. The molecule has 0 radical (unpaired) electrons. The first kappa shape index (κ1) is 14.9. The van der Waals surface area contributed by atoms with E-state index in [2.05, 4.69) is 24.2 Å². The highest BCUT2D eigenvalue weighted by Crippen LogP contribution is 2.22. The molecule has 1 unspecified atom stereocenters. The summed E-state index contributed by atoms with van der Waals surface area (Å²) in [5, 5.41) is 12.5. The normalized spacial score (nSPS) is 21.0.